The second-order valence-electron chi connectivity index (χ2n) is 7.72. The third-order valence-electron chi connectivity index (χ3n) is 5.09. The molecular weight excluding hydrogens is 436 g/mol. The number of rotatable bonds is 10. The molecule has 8 nitrogen and oxygen atoms in total. The van der Waals surface area contributed by atoms with E-state index < -0.39 is 30.1 Å². The third-order valence-corrected chi connectivity index (χ3v) is 5.09. The standard InChI is InChI=1S/C26H26N2O6/c29-21-13-11-19(12-14-21)16-23(25(31)32)27-24(30)22(15-18-7-3-1-4-8-18)28-26(33)34-17-20-9-5-2-6-10-20/h1-14,22-23,29H,15-17H2,(H,27,30)(H,28,33)(H,31,32)/t22-,23-/m0/s1. The second-order valence-corrected chi connectivity index (χ2v) is 7.72. The Morgan fingerprint density at radius 1 is 0.706 bits per heavy atom. The number of carbonyl (C=O) groups is 3. The van der Waals surface area contributed by atoms with E-state index in [1.54, 1.807) is 12.1 Å². The van der Waals surface area contributed by atoms with Gasteiger partial charge in [-0.15, -0.1) is 0 Å². The van der Waals surface area contributed by atoms with E-state index >= 15 is 0 Å². The molecule has 0 aromatic heterocycles. The number of aliphatic carboxylic acids is 1. The van der Waals surface area contributed by atoms with Crippen molar-refractivity contribution in [2.24, 2.45) is 0 Å². The van der Waals surface area contributed by atoms with E-state index in [4.69, 9.17) is 4.74 Å². The van der Waals surface area contributed by atoms with E-state index in [0.29, 0.717) is 5.56 Å². The molecule has 4 N–H and O–H groups in total. The number of carboxylic acid groups (broad SMARTS) is 1. The topological polar surface area (TPSA) is 125 Å². The molecule has 176 valence electrons. The molecule has 0 spiro atoms. The van der Waals surface area contributed by atoms with Crippen LogP contribution in [0.1, 0.15) is 16.7 Å². The van der Waals surface area contributed by atoms with Gasteiger partial charge in [0.25, 0.3) is 0 Å². The summed E-state index contributed by atoms with van der Waals surface area (Å²) in [4.78, 5) is 37.2. The average Bonchev–Trinajstić information content (AvgIpc) is 2.84. The van der Waals surface area contributed by atoms with Crippen LogP contribution in [0.25, 0.3) is 0 Å². The van der Waals surface area contributed by atoms with Gasteiger partial charge in [-0.3, -0.25) is 4.79 Å². The van der Waals surface area contributed by atoms with Gasteiger partial charge in [-0.25, -0.2) is 9.59 Å². The quantitative estimate of drug-likeness (QED) is 0.367. The first-order chi connectivity index (χ1) is 16.4. The Balaban J connectivity index is 1.68. The van der Waals surface area contributed by atoms with Crippen LogP contribution < -0.4 is 10.6 Å². The minimum absolute atomic E-state index is 0.0118. The van der Waals surface area contributed by atoms with Crippen molar-refractivity contribution in [2.75, 3.05) is 0 Å². The van der Waals surface area contributed by atoms with E-state index in [1.807, 2.05) is 60.7 Å². The van der Waals surface area contributed by atoms with Crippen molar-refractivity contribution in [2.45, 2.75) is 31.5 Å². The normalized spacial score (nSPS) is 12.2. The van der Waals surface area contributed by atoms with Crippen LogP contribution in [0.4, 0.5) is 4.79 Å². The highest BCUT2D eigenvalue weighted by molar-refractivity contribution is 5.89. The molecule has 8 heteroatoms. The van der Waals surface area contributed by atoms with E-state index in [2.05, 4.69) is 10.6 Å². The van der Waals surface area contributed by atoms with Crippen molar-refractivity contribution in [1.82, 2.24) is 10.6 Å². The molecule has 0 radical (unpaired) electrons. The summed E-state index contributed by atoms with van der Waals surface area (Å²) in [5, 5.41) is 24.1. The lowest BCUT2D eigenvalue weighted by molar-refractivity contribution is -0.142. The minimum atomic E-state index is -1.22. The zero-order chi connectivity index (χ0) is 24.3. The second kappa shape index (κ2) is 12.1. The van der Waals surface area contributed by atoms with Gasteiger partial charge < -0.3 is 25.6 Å². The Bertz CT molecular complexity index is 1090. The van der Waals surface area contributed by atoms with E-state index in [1.165, 1.54) is 12.1 Å². The largest absolute Gasteiger partial charge is 0.508 e. The van der Waals surface area contributed by atoms with Gasteiger partial charge in [-0.1, -0.05) is 72.8 Å². The van der Waals surface area contributed by atoms with Crippen LogP contribution >= 0.6 is 0 Å². The van der Waals surface area contributed by atoms with Crippen molar-refractivity contribution in [3.05, 3.63) is 102 Å². The van der Waals surface area contributed by atoms with Crippen LogP contribution in [0.2, 0.25) is 0 Å². The fourth-order valence-corrected chi connectivity index (χ4v) is 3.31. The molecule has 0 heterocycles. The fraction of sp³-hybridized carbons (Fsp3) is 0.192. The van der Waals surface area contributed by atoms with Crippen LogP contribution in [0.3, 0.4) is 0 Å². The van der Waals surface area contributed by atoms with E-state index in [9.17, 15) is 24.6 Å². The first kappa shape index (κ1) is 24.3. The van der Waals surface area contributed by atoms with Crippen LogP contribution in [-0.4, -0.2) is 40.3 Å². The number of aromatic hydroxyl groups is 1. The van der Waals surface area contributed by atoms with Gasteiger partial charge in [-0.05, 0) is 28.8 Å². The predicted octanol–water partition coefficient (Wildman–Crippen LogP) is 3.04. The summed E-state index contributed by atoms with van der Waals surface area (Å²) in [6, 6.07) is 21.9. The van der Waals surface area contributed by atoms with Gasteiger partial charge in [0.1, 0.15) is 24.4 Å². The Morgan fingerprint density at radius 2 is 1.24 bits per heavy atom. The molecule has 0 aliphatic heterocycles. The maximum atomic E-state index is 13.0. The monoisotopic (exact) mass is 462 g/mol. The van der Waals surface area contributed by atoms with Crippen LogP contribution in [0.5, 0.6) is 5.75 Å². The highest BCUT2D eigenvalue weighted by Crippen LogP contribution is 2.12. The number of alkyl carbamates (subject to hydrolysis) is 1. The van der Waals surface area contributed by atoms with Crippen molar-refractivity contribution < 1.29 is 29.3 Å². The number of amides is 2. The first-order valence-electron chi connectivity index (χ1n) is 10.7. The molecule has 0 aliphatic carbocycles. The van der Waals surface area contributed by atoms with E-state index in [0.717, 1.165) is 11.1 Å². The highest BCUT2D eigenvalue weighted by atomic mass is 16.5. The number of hydrogen-bond donors (Lipinski definition) is 4. The van der Waals surface area contributed by atoms with Crippen molar-refractivity contribution >= 4 is 18.0 Å². The van der Waals surface area contributed by atoms with Crippen molar-refractivity contribution in [1.29, 1.82) is 0 Å². The Kier molecular flexibility index (Phi) is 8.62. The number of phenolic OH excluding ortho intramolecular Hbond substituents is 1. The number of phenols is 1. The molecular formula is C26H26N2O6. The maximum absolute atomic E-state index is 13.0. The molecule has 0 saturated carbocycles. The molecule has 0 aliphatic rings. The third kappa shape index (κ3) is 7.67. The summed E-state index contributed by atoms with van der Waals surface area (Å²) in [5.74, 6) is -1.81. The summed E-state index contributed by atoms with van der Waals surface area (Å²) < 4.78 is 5.24. The van der Waals surface area contributed by atoms with Gasteiger partial charge >= 0.3 is 12.1 Å². The molecule has 0 unspecified atom stereocenters. The Hall–Kier alpha value is -4.33. The smallest absolute Gasteiger partial charge is 0.408 e. The summed E-state index contributed by atoms with van der Waals surface area (Å²) in [5.41, 5.74) is 2.21. The number of carbonyl (C=O) groups excluding carboxylic acids is 2. The first-order valence-corrected chi connectivity index (χ1v) is 10.7. The molecule has 0 saturated heterocycles. The lowest BCUT2D eigenvalue weighted by atomic mass is 10.0. The lowest BCUT2D eigenvalue weighted by Crippen LogP contribution is -2.53. The number of ether oxygens (including phenoxy) is 1. The summed E-state index contributed by atoms with van der Waals surface area (Å²) in [7, 11) is 0. The van der Waals surface area contributed by atoms with Gasteiger partial charge in [0.05, 0.1) is 0 Å². The number of nitrogens with one attached hydrogen (secondary N) is 2. The highest BCUT2D eigenvalue weighted by Gasteiger charge is 2.27. The molecule has 3 rings (SSSR count). The van der Waals surface area contributed by atoms with Crippen LogP contribution in [-0.2, 0) is 33.8 Å². The van der Waals surface area contributed by atoms with Crippen LogP contribution in [0, 0.1) is 0 Å². The summed E-state index contributed by atoms with van der Waals surface area (Å²) >= 11 is 0. The molecule has 34 heavy (non-hydrogen) atoms. The fourth-order valence-electron chi connectivity index (χ4n) is 3.31. The number of benzene rings is 3. The molecule has 2 amide bonds. The Morgan fingerprint density at radius 3 is 1.82 bits per heavy atom. The van der Waals surface area contributed by atoms with Crippen LogP contribution in [0.15, 0.2) is 84.9 Å². The van der Waals surface area contributed by atoms with Gasteiger partial charge in [0.15, 0.2) is 0 Å². The Labute approximate surface area is 197 Å². The summed E-state index contributed by atoms with van der Waals surface area (Å²) in [6.45, 7) is 0.0327. The molecule has 3 aromatic rings. The van der Waals surface area contributed by atoms with Crippen molar-refractivity contribution in [3.63, 3.8) is 0 Å². The van der Waals surface area contributed by atoms with E-state index in [-0.39, 0.29) is 25.2 Å². The SMILES string of the molecule is O=C(N[C@@H](Cc1ccccc1)C(=O)N[C@@H](Cc1ccc(O)cc1)C(=O)O)OCc1ccccc1. The van der Waals surface area contributed by atoms with Gasteiger partial charge in [-0.2, -0.15) is 0 Å². The summed E-state index contributed by atoms with van der Waals surface area (Å²) in [6.07, 6.45) is -0.624. The number of hydrogen-bond acceptors (Lipinski definition) is 5. The zero-order valence-corrected chi connectivity index (χ0v) is 18.4. The average molecular weight is 463 g/mol. The van der Waals surface area contributed by atoms with Gasteiger partial charge in [0.2, 0.25) is 5.91 Å². The molecule has 2 atom stereocenters. The van der Waals surface area contributed by atoms with Gasteiger partial charge in [0, 0.05) is 12.8 Å². The van der Waals surface area contributed by atoms with Crippen molar-refractivity contribution in [3.8, 4) is 5.75 Å². The predicted molar refractivity (Wildman–Crippen MR) is 125 cm³/mol. The lowest BCUT2D eigenvalue weighted by Gasteiger charge is -2.21. The number of carboxylic acids is 1. The minimum Gasteiger partial charge on any atom is -0.508 e. The molecule has 3 aromatic carbocycles. The molecule has 0 bridgehead atoms. The molecule has 0 fully saturated rings. The maximum Gasteiger partial charge on any atom is 0.408 e. The zero-order valence-electron chi connectivity index (χ0n) is 18.4.